The fourth-order valence-corrected chi connectivity index (χ4v) is 5.47. The van der Waals surface area contributed by atoms with E-state index in [1.807, 2.05) is 32.9 Å². The molecule has 0 aromatic heterocycles. The molecule has 0 saturated carbocycles. The SMILES string of the molecule is CC[C@H](C)NC(=O)[C@@H](C)N(Cc1cccc(OC)c1)C(=O)CN(c1cccc(C)c1)S(=O)(=O)c1ccccc1. The Labute approximate surface area is 231 Å². The number of carbonyl (C=O) groups excluding carboxylic acids is 2. The van der Waals surface area contributed by atoms with Gasteiger partial charge >= 0.3 is 0 Å². The predicted octanol–water partition coefficient (Wildman–Crippen LogP) is 4.53. The van der Waals surface area contributed by atoms with E-state index in [0.29, 0.717) is 11.4 Å². The zero-order chi connectivity index (χ0) is 28.6. The number of rotatable bonds is 12. The molecule has 0 aliphatic heterocycles. The minimum Gasteiger partial charge on any atom is -0.497 e. The van der Waals surface area contributed by atoms with Crippen molar-refractivity contribution < 1.29 is 22.7 Å². The van der Waals surface area contributed by atoms with E-state index < -0.39 is 28.5 Å². The Bertz CT molecular complexity index is 1380. The summed E-state index contributed by atoms with van der Waals surface area (Å²) in [6.45, 7) is 6.98. The van der Waals surface area contributed by atoms with Crippen molar-refractivity contribution >= 4 is 27.5 Å². The molecule has 3 aromatic carbocycles. The molecule has 0 fully saturated rings. The second-order valence-corrected chi connectivity index (χ2v) is 11.4. The Morgan fingerprint density at radius 1 is 0.949 bits per heavy atom. The summed E-state index contributed by atoms with van der Waals surface area (Å²) < 4.78 is 34.0. The summed E-state index contributed by atoms with van der Waals surface area (Å²) in [5.41, 5.74) is 1.96. The largest absolute Gasteiger partial charge is 0.497 e. The number of nitrogens with zero attached hydrogens (tertiary/aromatic N) is 2. The lowest BCUT2D eigenvalue weighted by molar-refractivity contribution is -0.139. The van der Waals surface area contributed by atoms with Crippen LogP contribution >= 0.6 is 0 Å². The molecule has 0 unspecified atom stereocenters. The molecule has 0 saturated heterocycles. The molecule has 39 heavy (non-hydrogen) atoms. The van der Waals surface area contributed by atoms with Crippen LogP contribution in [0, 0.1) is 6.92 Å². The third kappa shape index (κ3) is 7.60. The average Bonchev–Trinajstić information content (AvgIpc) is 2.94. The lowest BCUT2D eigenvalue weighted by Crippen LogP contribution is -2.52. The number of sulfonamides is 1. The second kappa shape index (κ2) is 13.3. The van der Waals surface area contributed by atoms with Crippen LogP contribution < -0.4 is 14.4 Å². The van der Waals surface area contributed by atoms with Crippen LogP contribution in [0.25, 0.3) is 0 Å². The van der Waals surface area contributed by atoms with E-state index in [2.05, 4.69) is 5.32 Å². The first kappa shape index (κ1) is 29.7. The maximum absolute atomic E-state index is 14.0. The van der Waals surface area contributed by atoms with Crippen LogP contribution in [0.3, 0.4) is 0 Å². The molecule has 0 heterocycles. The van der Waals surface area contributed by atoms with Crippen molar-refractivity contribution in [2.24, 2.45) is 0 Å². The van der Waals surface area contributed by atoms with Gasteiger partial charge in [-0.15, -0.1) is 0 Å². The molecule has 0 spiro atoms. The van der Waals surface area contributed by atoms with Crippen LogP contribution in [-0.4, -0.2) is 50.9 Å². The minimum atomic E-state index is -4.09. The standard InChI is InChI=1S/C30H37N3O5S/c1-6-23(3)31-30(35)24(4)32(20-25-13-11-15-27(19-25)38-5)29(34)21-33(26-14-10-12-22(2)18-26)39(36,37)28-16-8-7-9-17-28/h7-19,23-24H,6,20-21H2,1-5H3,(H,31,35)/t23-,24+/m0/s1. The maximum atomic E-state index is 14.0. The summed E-state index contributed by atoms with van der Waals surface area (Å²) in [5.74, 6) is -0.205. The van der Waals surface area contributed by atoms with E-state index in [1.165, 1.54) is 17.0 Å². The van der Waals surface area contributed by atoms with Crippen LogP contribution in [0.4, 0.5) is 5.69 Å². The number of nitrogens with one attached hydrogen (secondary N) is 1. The van der Waals surface area contributed by atoms with Crippen molar-refractivity contribution in [1.82, 2.24) is 10.2 Å². The third-order valence-corrected chi connectivity index (χ3v) is 8.34. The summed E-state index contributed by atoms with van der Waals surface area (Å²) in [7, 11) is -2.53. The number of hydrogen-bond acceptors (Lipinski definition) is 5. The first-order valence-corrected chi connectivity index (χ1v) is 14.4. The lowest BCUT2D eigenvalue weighted by atomic mass is 10.1. The van der Waals surface area contributed by atoms with Crippen molar-refractivity contribution in [1.29, 1.82) is 0 Å². The van der Waals surface area contributed by atoms with Gasteiger partial charge in [-0.1, -0.05) is 49.4 Å². The summed E-state index contributed by atoms with van der Waals surface area (Å²) in [4.78, 5) is 28.6. The number of methoxy groups -OCH3 is 1. The molecule has 3 rings (SSSR count). The number of anilines is 1. The van der Waals surface area contributed by atoms with Crippen LogP contribution in [-0.2, 0) is 26.2 Å². The van der Waals surface area contributed by atoms with Gasteiger partial charge in [0.25, 0.3) is 10.0 Å². The first-order valence-electron chi connectivity index (χ1n) is 12.9. The van der Waals surface area contributed by atoms with E-state index >= 15 is 0 Å². The molecule has 8 nitrogen and oxygen atoms in total. The zero-order valence-corrected chi connectivity index (χ0v) is 23.9. The predicted molar refractivity (Wildman–Crippen MR) is 153 cm³/mol. The fourth-order valence-electron chi connectivity index (χ4n) is 4.05. The van der Waals surface area contributed by atoms with Crippen LogP contribution in [0.15, 0.2) is 83.8 Å². The summed E-state index contributed by atoms with van der Waals surface area (Å²) >= 11 is 0. The summed E-state index contributed by atoms with van der Waals surface area (Å²) in [6, 6.07) is 21.3. The van der Waals surface area contributed by atoms with Gasteiger partial charge in [-0.2, -0.15) is 0 Å². The van der Waals surface area contributed by atoms with Crippen LogP contribution in [0.1, 0.15) is 38.3 Å². The minimum absolute atomic E-state index is 0.0706. The van der Waals surface area contributed by atoms with Crippen molar-refractivity contribution in [2.75, 3.05) is 18.0 Å². The molecule has 9 heteroatoms. The fraction of sp³-hybridized carbons (Fsp3) is 0.333. The molecule has 2 atom stereocenters. The highest BCUT2D eigenvalue weighted by Gasteiger charge is 2.32. The number of carbonyl (C=O) groups is 2. The average molecular weight is 552 g/mol. The Balaban J connectivity index is 2.02. The van der Waals surface area contributed by atoms with Gasteiger partial charge in [-0.3, -0.25) is 13.9 Å². The quantitative estimate of drug-likeness (QED) is 0.357. The van der Waals surface area contributed by atoms with Crippen molar-refractivity contribution in [3.8, 4) is 5.75 Å². The van der Waals surface area contributed by atoms with Crippen molar-refractivity contribution in [3.05, 3.63) is 90.0 Å². The van der Waals surface area contributed by atoms with Gasteiger partial charge in [-0.05, 0) is 74.7 Å². The topological polar surface area (TPSA) is 96.0 Å². The molecule has 0 aliphatic carbocycles. The Morgan fingerprint density at radius 3 is 2.28 bits per heavy atom. The van der Waals surface area contributed by atoms with E-state index in [0.717, 1.165) is 21.9 Å². The second-order valence-electron chi connectivity index (χ2n) is 9.53. The van der Waals surface area contributed by atoms with E-state index in [1.54, 1.807) is 68.6 Å². The zero-order valence-electron chi connectivity index (χ0n) is 23.1. The van der Waals surface area contributed by atoms with Crippen LogP contribution in [0.5, 0.6) is 5.75 Å². The summed E-state index contributed by atoms with van der Waals surface area (Å²) in [6.07, 6.45) is 0.735. The summed E-state index contributed by atoms with van der Waals surface area (Å²) in [5, 5.41) is 2.93. The maximum Gasteiger partial charge on any atom is 0.264 e. The number of hydrogen-bond donors (Lipinski definition) is 1. The van der Waals surface area contributed by atoms with E-state index in [9.17, 15) is 18.0 Å². The molecule has 0 radical (unpaired) electrons. The molecule has 208 valence electrons. The molecule has 0 aliphatic rings. The monoisotopic (exact) mass is 551 g/mol. The molecule has 2 amide bonds. The molecular weight excluding hydrogens is 514 g/mol. The molecule has 3 aromatic rings. The van der Waals surface area contributed by atoms with Gasteiger partial charge in [0, 0.05) is 12.6 Å². The van der Waals surface area contributed by atoms with Gasteiger partial charge in [0.15, 0.2) is 0 Å². The Kier molecular flexibility index (Phi) is 10.1. The highest BCUT2D eigenvalue weighted by molar-refractivity contribution is 7.92. The van der Waals surface area contributed by atoms with Gasteiger partial charge < -0.3 is 15.0 Å². The number of ether oxygens (including phenoxy) is 1. The smallest absolute Gasteiger partial charge is 0.264 e. The number of amides is 2. The molecule has 0 bridgehead atoms. The van der Waals surface area contributed by atoms with Gasteiger partial charge in [0.05, 0.1) is 17.7 Å². The van der Waals surface area contributed by atoms with E-state index in [4.69, 9.17) is 4.74 Å². The van der Waals surface area contributed by atoms with E-state index in [-0.39, 0.29) is 23.4 Å². The lowest BCUT2D eigenvalue weighted by Gasteiger charge is -2.32. The third-order valence-electron chi connectivity index (χ3n) is 6.56. The highest BCUT2D eigenvalue weighted by Crippen LogP contribution is 2.25. The highest BCUT2D eigenvalue weighted by atomic mass is 32.2. The molecular formula is C30H37N3O5S. The Morgan fingerprint density at radius 2 is 1.64 bits per heavy atom. The normalized spacial score (nSPS) is 12.7. The van der Waals surface area contributed by atoms with Crippen LogP contribution in [0.2, 0.25) is 0 Å². The van der Waals surface area contributed by atoms with Crippen molar-refractivity contribution in [3.63, 3.8) is 0 Å². The van der Waals surface area contributed by atoms with Gasteiger partial charge in [0.1, 0.15) is 18.3 Å². The van der Waals surface area contributed by atoms with Gasteiger partial charge in [-0.25, -0.2) is 8.42 Å². The van der Waals surface area contributed by atoms with Gasteiger partial charge in [0.2, 0.25) is 11.8 Å². The number of aryl methyl sites for hydroxylation is 1. The van der Waals surface area contributed by atoms with Crippen molar-refractivity contribution in [2.45, 2.75) is 57.6 Å². The Hall–Kier alpha value is -3.85. The number of benzene rings is 3. The first-order chi connectivity index (χ1) is 18.6. The molecule has 1 N–H and O–H groups in total.